The van der Waals surface area contributed by atoms with Gasteiger partial charge in [-0.05, 0) is 36.1 Å². The molecule has 1 saturated heterocycles. The van der Waals surface area contributed by atoms with Crippen LogP contribution in [0.5, 0.6) is 0 Å². The topological polar surface area (TPSA) is 91.1 Å². The van der Waals surface area contributed by atoms with Gasteiger partial charge in [-0.15, -0.1) is 0 Å². The lowest BCUT2D eigenvalue weighted by molar-refractivity contribution is -0.147. The minimum Gasteiger partial charge on any atom is -0.481 e. The van der Waals surface area contributed by atoms with Gasteiger partial charge in [-0.2, -0.15) is 0 Å². The van der Waals surface area contributed by atoms with E-state index in [9.17, 15) is 19.5 Å². The van der Waals surface area contributed by atoms with Gasteiger partial charge in [0.25, 0.3) is 5.91 Å². The first kappa shape index (κ1) is 18.3. The maximum Gasteiger partial charge on any atom is 0.308 e. The van der Waals surface area contributed by atoms with E-state index in [1.807, 2.05) is 24.3 Å². The summed E-state index contributed by atoms with van der Waals surface area (Å²) in [6, 6.07) is 10.3. The summed E-state index contributed by atoms with van der Waals surface area (Å²) in [5.41, 5.74) is 2.05. The van der Waals surface area contributed by atoms with Crippen molar-refractivity contribution in [3.63, 3.8) is 0 Å². The van der Waals surface area contributed by atoms with Crippen LogP contribution in [0.15, 0.2) is 47.1 Å². The average Bonchev–Trinajstić information content (AvgIpc) is 3.26. The molecule has 0 spiro atoms. The summed E-state index contributed by atoms with van der Waals surface area (Å²) >= 11 is 0. The van der Waals surface area contributed by atoms with Gasteiger partial charge in [0.1, 0.15) is 6.04 Å². The Bertz CT molecular complexity index is 892. The molecule has 1 aromatic heterocycles. The van der Waals surface area contributed by atoms with Crippen LogP contribution in [0, 0.1) is 5.92 Å². The molecule has 7 heteroatoms. The van der Waals surface area contributed by atoms with Crippen LogP contribution in [0.3, 0.4) is 0 Å². The Morgan fingerprint density at radius 1 is 1.07 bits per heavy atom. The number of carbonyl (C=O) groups is 3. The Morgan fingerprint density at radius 3 is 2.57 bits per heavy atom. The van der Waals surface area contributed by atoms with E-state index in [4.69, 9.17) is 4.42 Å². The number of piperidine rings is 1. The maximum absolute atomic E-state index is 13.3. The second-order valence-electron chi connectivity index (χ2n) is 7.36. The second-order valence-corrected chi connectivity index (χ2v) is 7.36. The number of likely N-dealkylation sites (tertiary alicyclic amines) is 1. The number of aliphatic carboxylic acids is 1. The molecule has 0 saturated carbocycles. The highest BCUT2D eigenvalue weighted by atomic mass is 16.4. The van der Waals surface area contributed by atoms with Gasteiger partial charge in [-0.1, -0.05) is 24.3 Å². The highest BCUT2D eigenvalue weighted by molar-refractivity contribution is 5.96. The second kappa shape index (κ2) is 7.50. The molecule has 1 fully saturated rings. The van der Waals surface area contributed by atoms with Crippen molar-refractivity contribution in [2.75, 3.05) is 13.1 Å². The lowest BCUT2D eigenvalue weighted by Gasteiger charge is -2.40. The van der Waals surface area contributed by atoms with Gasteiger partial charge >= 0.3 is 5.97 Å². The number of amides is 2. The SMILES string of the molecule is O=C(O)[C@H]1CCCN(C(=O)C2Cc3ccccc3CN2C(=O)c2ccco2)C1. The molecule has 1 unspecified atom stereocenters. The normalized spacial score (nSPS) is 21.9. The molecule has 28 heavy (non-hydrogen) atoms. The van der Waals surface area contributed by atoms with Crippen molar-refractivity contribution >= 4 is 17.8 Å². The molecular formula is C21H22N2O5. The van der Waals surface area contributed by atoms with Crippen LogP contribution >= 0.6 is 0 Å². The van der Waals surface area contributed by atoms with Gasteiger partial charge in [0.05, 0.1) is 12.2 Å². The van der Waals surface area contributed by atoms with Crippen molar-refractivity contribution in [3.05, 3.63) is 59.5 Å². The third kappa shape index (κ3) is 3.40. The zero-order chi connectivity index (χ0) is 19.7. The number of nitrogens with zero attached hydrogens (tertiary/aromatic N) is 2. The van der Waals surface area contributed by atoms with Crippen LogP contribution in [0.2, 0.25) is 0 Å². The average molecular weight is 382 g/mol. The van der Waals surface area contributed by atoms with Crippen molar-refractivity contribution in [3.8, 4) is 0 Å². The molecule has 0 bridgehead atoms. The largest absolute Gasteiger partial charge is 0.481 e. The standard InChI is InChI=1S/C21H22N2O5/c24-19(22-9-3-7-16(12-22)21(26)27)17-11-14-5-1-2-6-15(14)13-23(17)20(25)18-8-4-10-28-18/h1-2,4-6,8,10,16-17H,3,7,9,11-13H2,(H,26,27)/t16-,17?/m0/s1. The molecule has 0 aliphatic carbocycles. The number of furan rings is 1. The van der Waals surface area contributed by atoms with E-state index in [0.29, 0.717) is 32.4 Å². The van der Waals surface area contributed by atoms with Crippen molar-refractivity contribution in [2.24, 2.45) is 5.92 Å². The minimum absolute atomic E-state index is 0.190. The Kier molecular flexibility index (Phi) is 4.90. The van der Waals surface area contributed by atoms with Crippen LogP contribution < -0.4 is 0 Å². The molecule has 2 amide bonds. The molecule has 146 valence electrons. The molecule has 0 radical (unpaired) electrons. The Hall–Kier alpha value is -3.09. The molecule has 1 N–H and O–H groups in total. The van der Waals surface area contributed by atoms with Gasteiger partial charge in [-0.25, -0.2) is 0 Å². The number of carboxylic acid groups (broad SMARTS) is 1. The van der Waals surface area contributed by atoms with E-state index >= 15 is 0 Å². The Balaban J connectivity index is 1.62. The summed E-state index contributed by atoms with van der Waals surface area (Å²) in [6.45, 7) is 1.03. The third-order valence-corrected chi connectivity index (χ3v) is 5.61. The van der Waals surface area contributed by atoms with Crippen molar-refractivity contribution in [2.45, 2.75) is 31.8 Å². The van der Waals surface area contributed by atoms with Gasteiger partial charge in [0.15, 0.2) is 5.76 Å². The van der Waals surface area contributed by atoms with E-state index in [0.717, 1.165) is 11.1 Å². The number of carboxylic acids is 1. The lowest BCUT2D eigenvalue weighted by atomic mass is 9.91. The predicted octanol–water partition coefficient (Wildman–Crippen LogP) is 2.17. The highest BCUT2D eigenvalue weighted by Crippen LogP contribution is 2.28. The predicted molar refractivity (Wildman–Crippen MR) is 99.5 cm³/mol. The van der Waals surface area contributed by atoms with Crippen LogP contribution in [0.4, 0.5) is 0 Å². The number of hydrogen-bond acceptors (Lipinski definition) is 4. The quantitative estimate of drug-likeness (QED) is 0.879. The zero-order valence-corrected chi connectivity index (χ0v) is 15.4. The molecule has 4 rings (SSSR count). The molecule has 2 aromatic rings. The minimum atomic E-state index is -0.880. The van der Waals surface area contributed by atoms with Crippen LogP contribution in [-0.2, 0) is 22.6 Å². The number of rotatable bonds is 3. The molecule has 2 aliphatic heterocycles. The van der Waals surface area contributed by atoms with Gasteiger partial charge in [0, 0.05) is 26.1 Å². The summed E-state index contributed by atoms with van der Waals surface area (Å²) in [6.07, 6.45) is 3.07. The Morgan fingerprint density at radius 2 is 1.86 bits per heavy atom. The fraction of sp³-hybridized carbons (Fsp3) is 0.381. The summed E-state index contributed by atoms with van der Waals surface area (Å²) in [5, 5.41) is 9.33. The first-order chi connectivity index (χ1) is 13.5. The summed E-state index contributed by atoms with van der Waals surface area (Å²) in [5.74, 6) is -1.76. The lowest BCUT2D eigenvalue weighted by Crippen LogP contribution is -2.55. The molecule has 2 atom stereocenters. The summed E-state index contributed by atoms with van der Waals surface area (Å²) in [4.78, 5) is 40.9. The van der Waals surface area contributed by atoms with Crippen LogP contribution in [0.1, 0.15) is 34.5 Å². The molecule has 1 aromatic carbocycles. The van der Waals surface area contributed by atoms with Crippen molar-refractivity contribution < 1.29 is 23.9 Å². The van der Waals surface area contributed by atoms with E-state index in [1.54, 1.807) is 21.9 Å². The van der Waals surface area contributed by atoms with Gasteiger partial charge < -0.3 is 19.3 Å². The summed E-state index contributed by atoms with van der Waals surface area (Å²) in [7, 11) is 0. The van der Waals surface area contributed by atoms with E-state index in [1.165, 1.54) is 6.26 Å². The Labute approximate surface area is 162 Å². The summed E-state index contributed by atoms with van der Waals surface area (Å²) < 4.78 is 5.26. The van der Waals surface area contributed by atoms with Gasteiger partial charge in [0.2, 0.25) is 5.91 Å². The van der Waals surface area contributed by atoms with Gasteiger partial charge in [-0.3, -0.25) is 14.4 Å². The number of hydrogen-bond donors (Lipinski definition) is 1. The van der Waals surface area contributed by atoms with Crippen molar-refractivity contribution in [1.82, 2.24) is 9.80 Å². The molecule has 3 heterocycles. The fourth-order valence-corrected chi connectivity index (χ4v) is 4.09. The van der Waals surface area contributed by atoms with E-state index in [-0.39, 0.29) is 24.1 Å². The van der Waals surface area contributed by atoms with E-state index in [2.05, 4.69) is 0 Å². The first-order valence-corrected chi connectivity index (χ1v) is 9.47. The number of carbonyl (C=O) groups excluding carboxylic acids is 2. The fourth-order valence-electron chi connectivity index (χ4n) is 4.09. The van der Waals surface area contributed by atoms with E-state index < -0.39 is 17.9 Å². The number of benzene rings is 1. The first-order valence-electron chi connectivity index (χ1n) is 9.47. The maximum atomic E-state index is 13.3. The van der Waals surface area contributed by atoms with Crippen LogP contribution in [-0.4, -0.2) is 51.8 Å². The molecular weight excluding hydrogens is 360 g/mol. The zero-order valence-electron chi connectivity index (χ0n) is 15.4. The molecule has 7 nitrogen and oxygen atoms in total. The number of fused-ring (bicyclic) bond motifs is 1. The third-order valence-electron chi connectivity index (χ3n) is 5.61. The van der Waals surface area contributed by atoms with Crippen molar-refractivity contribution in [1.29, 1.82) is 0 Å². The highest BCUT2D eigenvalue weighted by Gasteiger charge is 2.39. The van der Waals surface area contributed by atoms with Crippen LogP contribution in [0.25, 0.3) is 0 Å². The molecule has 2 aliphatic rings. The smallest absolute Gasteiger partial charge is 0.308 e. The monoisotopic (exact) mass is 382 g/mol.